The number of nitrogens with one attached hydrogen (secondary N) is 2. The van der Waals surface area contributed by atoms with Crippen molar-refractivity contribution in [3.63, 3.8) is 0 Å². The van der Waals surface area contributed by atoms with Crippen LogP contribution in [0.1, 0.15) is 113 Å². The molecule has 274 valence electrons. The van der Waals surface area contributed by atoms with Crippen LogP contribution in [-0.2, 0) is 19.0 Å². The molecule has 0 radical (unpaired) electrons. The van der Waals surface area contributed by atoms with Crippen molar-refractivity contribution in [1.82, 2.24) is 15.5 Å². The lowest BCUT2D eigenvalue weighted by atomic mass is 9.41. The van der Waals surface area contributed by atoms with Crippen molar-refractivity contribution in [3.8, 4) is 0 Å². The molecule has 3 heterocycles. The summed E-state index contributed by atoms with van der Waals surface area (Å²) >= 11 is 0. The van der Waals surface area contributed by atoms with Crippen LogP contribution in [0.2, 0.25) is 0 Å². The van der Waals surface area contributed by atoms with Crippen molar-refractivity contribution in [2.24, 2.45) is 56.7 Å². The summed E-state index contributed by atoms with van der Waals surface area (Å²) in [4.78, 5) is 39.8. The van der Waals surface area contributed by atoms with Gasteiger partial charge in [0.1, 0.15) is 18.2 Å². The van der Waals surface area contributed by atoms with E-state index in [-0.39, 0.29) is 75.3 Å². The van der Waals surface area contributed by atoms with Crippen LogP contribution in [0.25, 0.3) is 0 Å². The maximum absolute atomic E-state index is 13.0. The molecule has 0 bridgehead atoms. The second-order valence-electron chi connectivity index (χ2n) is 18.9. The Bertz CT molecular complexity index is 1380. The summed E-state index contributed by atoms with van der Waals surface area (Å²) in [7, 11) is 0. The van der Waals surface area contributed by atoms with Gasteiger partial charge in [-0.15, -0.1) is 0 Å². The van der Waals surface area contributed by atoms with Crippen LogP contribution >= 0.6 is 0 Å². The first-order chi connectivity index (χ1) is 23.1. The van der Waals surface area contributed by atoms with Gasteiger partial charge in [-0.3, -0.25) is 4.79 Å². The fourth-order valence-corrected chi connectivity index (χ4v) is 14.3. The molecule has 14 unspecified atom stereocenters. The number of carbonyl (C=O) groups is 3. The van der Waals surface area contributed by atoms with Crippen molar-refractivity contribution >= 4 is 18.1 Å². The maximum Gasteiger partial charge on any atom is 0.410 e. The topological polar surface area (TPSA) is 126 Å². The summed E-state index contributed by atoms with van der Waals surface area (Å²) in [5, 5.41) is 18.2. The van der Waals surface area contributed by atoms with E-state index in [1.165, 1.54) is 6.42 Å². The summed E-state index contributed by atoms with van der Waals surface area (Å²) in [6.45, 7) is 18.3. The van der Waals surface area contributed by atoms with E-state index >= 15 is 0 Å². The van der Waals surface area contributed by atoms with Crippen LogP contribution in [0.3, 0.4) is 0 Å². The van der Waals surface area contributed by atoms with Gasteiger partial charge in [-0.2, -0.15) is 0 Å². The molecule has 0 aromatic rings. The van der Waals surface area contributed by atoms with E-state index in [9.17, 15) is 19.5 Å². The van der Waals surface area contributed by atoms with Crippen molar-refractivity contribution < 1.29 is 33.7 Å². The fraction of sp³-hybridized carbons (Fsp3) is 0.923. The molecule has 5 saturated carbocycles. The van der Waals surface area contributed by atoms with Crippen molar-refractivity contribution in [1.29, 1.82) is 0 Å². The summed E-state index contributed by atoms with van der Waals surface area (Å²) in [5.41, 5.74) is -0.168. The molecule has 8 fully saturated rings. The Labute approximate surface area is 292 Å². The Morgan fingerprint density at radius 1 is 0.980 bits per heavy atom. The monoisotopic (exact) mass is 683 g/mol. The third-order valence-electron chi connectivity index (χ3n) is 17.1. The quantitative estimate of drug-likeness (QED) is 0.342. The van der Waals surface area contributed by atoms with Gasteiger partial charge in [0.05, 0.1) is 18.3 Å². The number of aliphatic hydroxyl groups excluding tert-OH is 1. The number of alkyl carbamates (subject to hydrolysis) is 1. The van der Waals surface area contributed by atoms with E-state index in [0.717, 1.165) is 64.5 Å². The Hall–Kier alpha value is -2.07. The number of hydrogen-bond acceptors (Lipinski definition) is 7. The van der Waals surface area contributed by atoms with E-state index < -0.39 is 18.2 Å². The van der Waals surface area contributed by atoms with Gasteiger partial charge < -0.3 is 34.9 Å². The predicted octanol–water partition coefficient (Wildman–Crippen LogP) is 5.65. The van der Waals surface area contributed by atoms with Gasteiger partial charge in [-0.25, -0.2) is 9.59 Å². The van der Waals surface area contributed by atoms with E-state index in [1.54, 1.807) is 4.90 Å². The minimum Gasteiger partial charge on any atom is -0.446 e. The summed E-state index contributed by atoms with van der Waals surface area (Å²) < 4.78 is 19.2. The molecule has 3 amide bonds. The molecule has 0 aromatic heterocycles. The van der Waals surface area contributed by atoms with E-state index in [1.807, 2.05) is 0 Å². The number of ether oxygens (including phenoxy) is 3. The molecule has 5 aliphatic carbocycles. The summed E-state index contributed by atoms with van der Waals surface area (Å²) in [6, 6.07) is -0.512. The van der Waals surface area contributed by atoms with Gasteiger partial charge >= 0.3 is 12.2 Å². The van der Waals surface area contributed by atoms with Gasteiger partial charge in [0.2, 0.25) is 5.91 Å². The molecule has 10 heteroatoms. The molecule has 49 heavy (non-hydrogen) atoms. The molecule has 2 spiro atoms. The third kappa shape index (κ3) is 4.34. The summed E-state index contributed by atoms with van der Waals surface area (Å²) in [5.74, 6) is 1.64. The van der Waals surface area contributed by atoms with Gasteiger partial charge in [0, 0.05) is 30.5 Å². The number of carbonyl (C=O) groups excluding carboxylic acids is 3. The molecular weight excluding hydrogens is 622 g/mol. The lowest BCUT2D eigenvalue weighted by Gasteiger charge is -2.63. The molecule has 10 nitrogen and oxygen atoms in total. The number of rotatable bonds is 5. The zero-order valence-electron chi connectivity index (χ0n) is 30.9. The largest absolute Gasteiger partial charge is 0.446 e. The zero-order valence-corrected chi connectivity index (χ0v) is 30.9. The Kier molecular flexibility index (Phi) is 7.79. The zero-order chi connectivity index (χ0) is 34.9. The van der Waals surface area contributed by atoms with Crippen LogP contribution in [-0.4, -0.2) is 84.3 Å². The SMILES string of the molecule is CC(C)C(OC(=O)N1CCC1)C1CCC2C(O1)C(O)C1(C)C3CCC4C(C)(C)C(OC(=O)NC5CCNC5=O)CCC45C(C)C35CCC21C. The normalized spacial score (nSPS) is 49.6. The van der Waals surface area contributed by atoms with E-state index in [2.05, 4.69) is 59.1 Å². The number of likely N-dealkylation sites (tertiary alicyclic amines) is 1. The molecule has 8 aliphatic rings. The molecule has 14 atom stereocenters. The van der Waals surface area contributed by atoms with Crippen LogP contribution in [0.5, 0.6) is 0 Å². The van der Waals surface area contributed by atoms with Gasteiger partial charge in [0.15, 0.2) is 0 Å². The minimum absolute atomic E-state index is 0.0314. The second-order valence-corrected chi connectivity index (χ2v) is 18.9. The van der Waals surface area contributed by atoms with Crippen LogP contribution < -0.4 is 10.6 Å². The highest BCUT2D eigenvalue weighted by atomic mass is 16.6. The Morgan fingerprint density at radius 3 is 2.35 bits per heavy atom. The Morgan fingerprint density at radius 2 is 1.69 bits per heavy atom. The molecule has 3 N–H and O–H groups in total. The molecule has 8 rings (SSSR count). The highest BCUT2D eigenvalue weighted by Crippen LogP contribution is 2.91. The maximum atomic E-state index is 13.0. The van der Waals surface area contributed by atoms with Crippen molar-refractivity contribution in [2.45, 2.75) is 149 Å². The van der Waals surface area contributed by atoms with Gasteiger partial charge in [0.25, 0.3) is 0 Å². The first-order valence-electron chi connectivity index (χ1n) is 19.7. The average Bonchev–Trinajstić information content (AvgIpc) is 3.20. The van der Waals surface area contributed by atoms with Crippen molar-refractivity contribution in [3.05, 3.63) is 0 Å². The predicted molar refractivity (Wildman–Crippen MR) is 182 cm³/mol. The number of nitrogens with zero attached hydrogens (tertiary/aromatic N) is 1. The van der Waals surface area contributed by atoms with E-state index in [0.29, 0.717) is 30.7 Å². The number of fused-ring (bicyclic) bond motifs is 4. The van der Waals surface area contributed by atoms with Crippen molar-refractivity contribution in [2.75, 3.05) is 19.6 Å². The lowest BCUT2D eigenvalue weighted by molar-refractivity contribution is -0.184. The summed E-state index contributed by atoms with van der Waals surface area (Å²) in [6.07, 6.45) is 7.46. The number of hydrogen-bond donors (Lipinski definition) is 3. The van der Waals surface area contributed by atoms with Crippen LogP contribution in [0.15, 0.2) is 0 Å². The average molecular weight is 684 g/mol. The fourth-order valence-electron chi connectivity index (χ4n) is 14.3. The van der Waals surface area contributed by atoms with Crippen LogP contribution in [0, 0.1) is 56.7 Å². The first-order valence-corrected chi connectivity index (χ1v) is 19.7. The standard InChI is InChI=1S/C39H61N3O7/c1-21(2)29(49-34(46)42-19-8-20-42)25-10-9-23-30(47-25)31(43)37(7)27-12-11-26-35(4,5)28(48-33(45)41-24-14-18-40-32(24)44)13-15-38(26)22(3)39(27,38)17-16-36(23,37)6/h21-31,43H,8-20H2,1-7H3,(H,40,44)(H,41,45). The van der Waals surface area contributed by atoms with E-state index in [4.69, 9.17) is 14.2 Å². The highest BCUT2D eigenvalue weighted by Gasteiger charge is 2.87. The molecular formula is C39H61N3O7. The Balaban J connectivity index is 1.02. The highest BCUT2D eigenvalue weighted by molar-refractivity contribution is 5.87. The van der Waals surface area contributed by atoms with Gasteiger partial charge in [-0.1, -0.05) is 48.5 Å². The minimum atomic E-state index is -0.572. The first kappa shape index (κ1) is 34.0. The molecule has 3 saturated heterocycles. The molecule has 3 aliphatic heterocycles. The lowest BCUT2D eigenvalue weighted by Crippen LogP contribution is -2.60. The number of aliphatic hydroxyl groups is 1. The van der Waals surface area contributed by atoms with Crippen LogP contribution in [0.4, 0.5) is 9.59 Å². The number of amides is 3. The molecule has 0 aromatic carbocycles. The smallest absolute Gasteiger partial charge is 0.410 e. The second kappa shape index (κ2) is 11.2. The third-order valence-corrected chi connectivity index (χ3v) is 17.1. The van der Waals surface area contributed by atoms with Gasteiger partial charge in [-0.05, 0) is 110 Å².